The van der Waals surface area contributed by atoms with Gasteiger partial charge in [0, 0.05) is 38.8 Å². The Hall–Kier alpha value is -1.30. The smallest absolute Gasteiger partial charge is 0.231 e. The summed E-state index contributed by atoms with van der Waals surface area (Å²) >= 11 is 0. The van der Waals surface area contributed by atoms with E-state index in [0.717, 1.165) is 37.7 Å². The quantitative estimate of drug-likeness (QED) is 0.868. The lowest BCUT2D eigenvalue weighted by molar-refractivity contribution is 0.114. The molecule has 1 saturated heterocycles. The molecule has 2 heterocycles. The highest BCUT2D eigenvalue weighted by Gasteiger charge is 2.24. The zero-order valence-electron chi connectivity index (χ0n) is 11.3. The maximum Gasteiger partial charge on any atom is 0.231 e. The number of hydrogen-bond donors (Lipinski definition) is 1. The van der Waals surface area contributed by atoms with Gasteiger partial charge >= 0.3 is 0 Å². The topological polar surface area (TPSA) is 51.0 Å². The molecule has 0 aromatic heterocycles. The van der Waals surface area contributed by atoms with Crippen molar-refractivity contribution in [1.29, 1.82) is 0 Å². The standard InChI is InChI=1S/C14H21N3O2/c1-16-4-6-17(7-5-16)12(9-15)11-2-3-13-14(8-11)19-10-18-13/h2-3,8,12H,4-7,9-10,15H2,1H3/t12-/m0/s1. The van der Waals surface area contributed by atoms with Crippen LogP contribution in [0.15, 0.2) is 18.2 Å². The Bertz CT molecular complexity index is 444. The summed E-state index contributed by atoms with van der Waals surface area (Å²) in [6, 6.07) is 6.42. The van der Waals surface area contributed by atoms with E-state index in [1.165, 1.54) is 5.56 Å². The second-order valence-electron chi connectivity index (χ2n) is 5.20. The minimum Gasteiger partial charge on any atom is -0.454 e. The fourth-order valence-electron chi connectivity index (χ4n) is 2.75. The van der Waals surface area contributed by atoms with E-state index in [-0.39, 0.29) is 6.04 Å². The molecule has 0 radical (unpaired) electrons. The Morgan fingerprint density at radius 3 is 2.63 bits per heavy atom. The summed E-state index contributed by atoms with van der Waals surface area (Å²) in [6.07, 6.45) is 0. The van der Waals surface area contributed by atoms with Crippen molar-refractivity contribution in [2.24, 2.45) is 5.73 Å². The lowest BCUT2D eigenvalue weighted by atomic mass is 10.0. The number of benzene rings is 1. The molecule has 1 fully saturated rings. The van der Waals surface area contributed by atoms with E-state index >= 15 is 0 Å². The molecule has 1 atom stereocenters. The molecule has 1 aromatic rings. The van der Waals surface area contributed by atoms with Gasteiger partial charge in [0.2, 0.25) is 6.79 Å². The van der Waals surface area contributed by atoms with Crippen molar-refractivity contribution >= 4 is 0 Å². The van der Waals surface area contributed by atoms with E-state index in [0.29, 0.717) is 13.3 Å². The molecule has 3 rings (SSSR count). The SMILES string of the molecule is CN1CCN([C@@H](CN)c2ccc3c(c2)OCO3)CC1. The molecule has 5 nitrogen and oxygen atoms in total. The van der Waals surface area contributed by atoms with E-state index in [9.17, 15) is 0 Å². The van der Waals surface area contributed by atoms with Crippen LogP contribution in [0.1, 0.15) is 11.6 Å². The van der Waals surface area contributed by atoms with Crippen LogP contribution in [0.4, 0.5) is 0 Å². The number of nitrogens with zero attached hydrogens (tertiary/aromatic N) is 2. The zero-order chi connectivity index (χ0) is 13.2. The molecule has 2 aliphatic rings. The number of rotatable bonds is 3. The molecule has 0 aliphatic carbocycles. The van der Waals surface area contributed by atoms with Gasteiger partial charge in [-0.1, -0.05) is 6.07 Å². The number of piperazine rings is 1. The Morgan fingerprint density at radius 2 is 1.89 bits per heavy atom. The first-order valence-electron chi connectivity index (χ1n) is 6.80. The van der Waals surface area contributed by atoms with Crippen LogP contribution >= 0.6 is 0 Å². The molecule has 19 heavy (non-hydrogen) atoms. The van der Waals surface area contributed by atoms with Crippen LogP contribution < -0.4 is 15.2 Å². The normalized spacial score (nSPS) is 21.6. The van der Waals surface area contributed by atoms with Crippen molar-refractivity contribution in [1.82, 2.24) is 9.80 Å². The highest BCUT2D eigenvalue weighted by Crippen LogP contribution is 2.35. The van der Waals surface area contributed by atoms with E-state index in [1.807, 2.05) is 6.07 Å². The van der Waals surface area contributed by atoms with Gasteiger partial charge in [-0.2, -0.15) is 0 Å². The number of fused-ring (bicyclic) bond motifs is 1. The summed E-state index contributed by atoms with van der Waals surface area (Å²) in [5, 5.41) is 0. The van der Waals surface area contributed by atoms with Gasteiger partial charge in [-0.3, -0.25) is 4.90 Å². The van der Waals surface area contributed by atoms with Crippen LogP contribution in [0.5, 0.6) is 11.5 Å². The number of likely N-dealkylation sites (N-methyl/N-ethyl adjacent to an activating group) is 1. The molecular formula is C14H21N3O2. The molecule has 0 amide bonds. The Kier molecular flexibility index (Phi) is 3.59. The van der Waals surface area contributed by atoms with E-state index in [4.69, 9.17) is 15.2 Å². The van der Waals surface area contributed by atoms with Gasteiger partial charge in [0.25, 0.3) is 0 Å². The fraction of sp³-hybridized carbons (Fsp3) is 0.571. The van der Waals surface area contributed by atoms with Gasteiger partial charge in [0.1, 0.15) is 0 Å². The van der Waals surface area contributed by atoms with Crippen molar-refractivity contribution in [2.75, 3.05) is 46.6 Å². The highest BCUT2D eigenvalue weighted by atomic mass is 16.7. The van der Waals surface area contributed by atoms with Crippen molar-refractivity contribution in [2.45, 2.75) is 6.04 Å². The molecular weight excluding hydrogens is 242 g/mol. The molecule has 0 saturated carbocycles. The first kappa shape index (κ1) is 12.7. The second kappa shape index (κ2) is 5.36. The molecule has 0 spiro atoms. The van der Waals surface area contributed by atoms with Gasteiger partial charge < -0.3 is 20.1 Å². The van der Waals surface area contributed by atoms with Crippen LogP contribution in [-0.4, -0.2) is 56.4 Å². The summed E-state index contributed by atoms with van der Waals surface area (Å²) in [5.74, 6) is 1.67. The summed E-state index contributed by atoms with van der Waals surface area (Å²) < 4.78 is 10.8. The largest absolute Gasteiger partial charge is 0.454 e. The van der Waals surface area contributed by atoms with Gasteiger partial charge in [-0.25, -0.2) is 0 Å². The minimum absolute atomic E-state index is 0.267. The molecule has 2 N–H and O–H groups in total. The fourth-order valence-corrected chi connectivity index (χ4v) is 2.75. The molecule has 5 heteroatoms. The molecule has 0 unspecified atom stereocenters. The minimum atomic E-state index is 0.267. The third-order valence-corrected chi connectivity index (χ3v) is 3.98. The van der Waals surface area contributed by atoms with Crippen LogP contribution in [0.3, 0.4) is 0 Å². The van der Waals surface area contributed by atoms with Crippen molar-refractivity contribution in [3.05, 3.63) is 23.8 Å². The average Bonchev–Trinajstić information content (AvgIpc) is 2.89. The van der Waals surface area contributed by atoms with E-state index in [2.05, 4.69) is 29.0 Å². The van der Waals surface area contributed by atoms with Crippen LogP contribution in [0.2, 0.25) is 0 Å². The first-order valence-corrected chi connectivity index (χ1v) is 6.80. The third kappa shape index (κ3) is 2.54. The zero-order valence-corrected chi connectivity index (χ0v) is 11.3. The number of ether oxygens (including phenoxy) is 2. The van der Waals surface area contributed by atoms with Gasteiger partial charge in [0.05, 0.1) is 0 Å². The second-order valence-corrected chi connectivity index (χ2v) is 5.20. The Balaban J connectivity index is 1.78. The molecule has 0 bridgehead atoms. The van der Waals surface area contributed by atoms with Crippen molar-refractivity contribution < 1.29 is 9.47 Å². The summed E-state index contributed by atoms with van der Waals surface area (Å²) in [5.41, 5.74) is 7.21. The Morgan fingerprint density at radius 1 is 1.16 bits per heavy atom. The first-order chi connectivity index (χ1) is 9.28. The van der Waals surface area contributed by atoms with Crippen molar-refractivity contribution in [3.63, 3.8) is 0 Å². The predicted molar refractivity (Wildman–Crippen MR) is 73.4 cm³/mol. The highest BCUT2D eigenvalue weighted by molar-refractivity contribution is 5.45. The summed E-state index contributed by atoms with van der Waals surface area (Å²) in [6.45, 7) is 5.27. The van der Waals surface area contributed by atoms with Gasteiger partial charge in [-0.05, 0) is 24.7 Å². The Labute approximate surface area is 113 Å². The number of nitrogens with two attached hydrogens (primary N) is 1. The van der Waals surface area contributed by atoms with Gasteiger partial charge in [-0.15, -0.1) is 0 Å². The lowest BCUT2D eigenvalue weighted by Gasteiger charge is -2.37. The molecule has 1 aromatic carbocycles. The van der Waals surface area contributed by atoms with Crippen LogP contribution in [0, 0.1) is 0 Å². The third-order valence-electron chi connectivity index (χ3n) is 3.98. The molecule has 2 aliphatic heterocycles. The maximum atomic E-state index is 5.99. The van der Waals surface area contributed by atoms with Crippen LogP contribution in [0.25, 0.3) is 0 Å². The van der Waals surface area contributed by atoms with E-state index < -0.39 is 0 Å². The predicted octanol–water partition coefficient (Wildman–Crippen LogP) is 0.663. The summed E-state index contributed by atoms with van der Waals surface area (Å²) in [4.78, 5) is 4.81. The summed E-state index contributed by atoms with van der Waals surface area (Å²) in [7, 11) is 2.16. The average molecular weight is 263 g/mol. The van der Waals surface area contributed by atoms with Crippen LogP contribution in [-0.2, 0) is 0 Å². The van der Waals surface area contributed by atoms with E-state index in [1.54, 1.807) is 0 Å². The maximum absolute atomic E-state index is 5.99. The molecule has 104 valence electrons. The number of hydrogen-bond acceptors (Lipinski definition) is 5. The monoisotopic (exact) mass is 263 g/mol. The van der Waals surface area contributed by atoms with Gasteiger partial charge in [0.15, 0.2) is 11.5 Å². The van der Waals surface area contributed by atoms with Crippen molar-refractivity contribution in [3.8, 4) is 11.5 Å². The lowest BCUT2D eigenvalue weighted by Crippen LogP contribution is -2.47.